The summed E-state index contributed by atoms with van der Waals surface area (Å²) >= 11 is 0. The van der Waals surface area contributed by atoms with Gasteiger partial charge >= 0.3 is 0 Å². The van der Waals surface area contributed by atoms with Crippen LogP contribution in [0.3, 0.4) is 0 Å². The van der Waals surface area contributed by atoms with Crippen molar-refractivity contribution in [2.24, 2.45) is 0 Å². The average Bonchev–Trinajstić information content (AvgIpc) is 2.60. The Morgan fingerprint density at radius 1 is 1.20 bits per heavy atom. The van der Waals surface area contributed by atoms with Gasteiger partial charge in [0.25, 0.3) is 11.6 Å². The molecule has 0 aliphatic heterocycles. The fraction of sp³-hybridized carbons (Fsp3) is 0.278. The normalized spacial score (nSPS) is 10.2. The molecular weight excluding hydrogens is 324 g/mol. The van der Waals surface area contributed by atoms with E-state index in [1.807, 2.05) is 13.0 Å². The van der Waals surface area contributed by atoms with E-state index in [-0.39, 0.29) is 23.7 Å². The molecule has 0 aliphatic rings. The number of nitro groups is 1. The molecule has 2 aromatic rings. The fourth-order valence-corrected chi connectivity index (χ4v) is 2.33. The highest BCUT2D eigenvalue weighted by Gasteiger charge is 2.15. The first kappa shape index (κ1) is 18.3. The van der Waals surface area contributed by atoms with E-state index in [1.54, 1.807) is 38.3 Å². The number of nitrogens with zero attached hydrogens (tertiary/aromatic N) is 1. The lowest BCUT2D eigenvalue weighted by Crippen LogP contribution is -2.23. The number of rotatable bonds is 7. The fourth-order valence-electron chi connectivity index (χ4n) is 2.33. The van der Waals surface area contributed by atoms with E-state index in [0.717, 1.165) is 5.56 Å². The Kier molecular flexibility index (Phi) is 5.94. The molecule has 0 saturated carbocycles. The summed E-state index contributed by atoms with van der Waals surface area (Å²) in [6.07, 6.45) is 0. The second kappa shape index (κ2) is 8.14. The standard InChI is InChI=1S/C18H20N2O5/c1-4-25-16-8-6-13(9-17(16)24-3)11-19-18(21)14-7-5-12(2)15(10-14)20(22)23/h5-10H,4,11H2,1-3H3,(H,19,21). The summed E-state index contributed by atoms with van der Waals surface area (Å²) in [7, 11) is 1.55. The summed E-state index contributed by atoms with van der Waals surface area (Å²) < 4.78 is 10.7. The number of hydrogen-bond acceptors (Lipinski definition) is 5. The number of ether oxygens (including phenoxy) is 2. The molecule has 2 aromatic carbocycles. The van der Waals surface area contributed by atoms with Gasteiger partial charge in [0.15, 0.2) is 11.5 Å². The molecule has 0 atom stereocenters. The lowest BCUT2D eigenvalue weighted by atomic mass is 10.1. The van der Waals surface area contributed by atoms with Crippen LogP contribution < -0.4 is 14.8 Å². The van der Waals surface area contributed by atoms with Crippen LogP contribution >= 0.6 is 0 Å². The Balaban J connectivity index is 2.09. The number of amides is 1. The summed E-state index contributed by atoms with van der Waals surface area (Å²) in [5.41, 5.74) is 1.51. The summed E-state index contributed by atoms with van der Waals surface area (Å²) in [4.78, 5) is 22.7. The highest BCUT2D eigenvalue weighted by molar-refractivity contribution is 5.94. The first-order valence-electron chi connectivity index (χ1n) is 7.79. The minimum Gasteiger partial charge on any atom is -0.493 e. The van der Waals surface area contributed by atoms with Gasteiger partial charge < -0.3 is 14.8 Å². The summed E-state index contributed by atoms with van der Waals surface area (Å²) in [5, 5.41) is 13.7. The van der Waals surface area contributed by atoms with Crippen LogP contribution in [-0.2, 0) is 6.54 Å². The van der Waals surface area contributed by atoms with Gasteiger partial charge in [0.2, 0.25) is 0 Å². The molecule has 25 heavy (non-hydrogen) atoms. The van der Waals surface area contributed by atoms with E-state index < -0.39 is 4.92 Å². The quantitative estimate of drug-likeness (QED) is 0.615. The molecule has 2 rings (SSSR count). The minimum absolute atomic E-state index is 0.0737. The highest BCUT2D eigenvalue weighted by atomic mass is 16.6. The molecule has 0 fully saturated rings. The third-order valence-corrected chi connectivity index (χ3v) is 3.65. The van der Waals surface area contributed by atoms with Crippen LogP contribution in [0.2, 0.25) is 0 Å². The van der Waals surface area contributed by atoms with Crippen LogP contribution in [0.25, 0.3) is 0 Å². The molecule has 0 aromatic heterocycles. The maximum Gasteiger partial charge on any atom is 0.273 e. The van der Waals surface area contributed by atoms with Crippen molar-refractivity contribution in [1.82, 2.24) is 5.32 Å². The first-order valence-corrected chi connectivity index (χ1v) is 7.79. The van der Waals surface area contributed by atoms with Crippen LogP contribution in [-0.4, -0.2) is 24.5 Å². The molecular formula is C18H20N2O5. The molecule has 1 N–H and O–H groups in total. The monoisotopic (exact) mass is 344 g/mol. The zero-order valence-corrected chi connectivity index (χ0v) is 14.4. The van der Waals surface area contributed by atoms with Crippen molar-refractivity contribution in [1.29, 1.82) is 0 Å². The Morgan fingerprint density at radius 2 is 1.96 bits per heavy atom. The van der Waals surface area contributed by atoms with Gasteiger partial charge in [-0.2, -0.15) is 0 Å². The predicted molar refractivity (Wildman–Crippen MR) is 93.2 cm³/mol. The molecule has 132 valence electrons. The topological polar surface area (TPSA) is 90.7 Å². The maximum atomic E-state index is 12.2. The molecule has 7 heteroatoms. The Labute approximate surface area is 145 Å². The number of carbonyl (C=O) groups excluding carboxylic acids is 1. The number of nitro benzene ring substituents is 1. The highest BCUT2D eigenvalue weighted by Crippen LogP contribution is 2.28. The number of aryl methyl sites for hydroxylation is 1. The Morgan fingerprint density at radius 3 is 2.60 bits per heavy atom. The van der Waals surface area contributed by atoms with Crippen LogP contribution in [0, 0.1) is 17.0 Å². The van der Waals surface area contributed by atoms with Gasteiger partial charge in [0, 0.05) is 23.7 Å². The van der Waals surface area contributed by atoms with Crippen molar-refractivity contribution in [2.75, 3.05) is 13.7 Å². The molecule has 0 aliphatic carbocycles. The Bertz CT molecular complexity index is 789. The van der Waals surface area contributed by atoms with Crippen molar-refractivity contribution in [3.63, 3.8) is 0 Å². The molecule has 0 bridgehead atoms. The van der Waals surface area contributed by atoms with Gasteiger partial charge in [-0.15, -0.1) is 0 Å². The molecule has 7 nitrogen and oxygen atoms in total. The van der Waals surface area contributed by atoms with Gasteiger partial charge in [-0.05, 0) is 37.6 Å². The van der Waals surface area contributed by atoms with E-state index in [4.69, 9.17) is 9.47 Å². The van der Waals surface area contributed by atoms with Crippen molar-refractivity contribution >= 4 is 11.6 Å². The SMILES string of the molecule is CCOc1ccc(CNC(=O)c2ccc(C)c([N+](=O)[O-])c2)cc1OC. The lowest BCUT2D eigenvalue weighted by Gasteiger charge is -2.11. The predicted octanol–water partition coefficient (Wildman–Crippen LogP) is 3.24. The lowest BCUT2D eigenvalue weighted by molar-refractivity contribution is -0.385. The number of hydrogen-bond donors (Lipinski definition) is 1. The molecule has 0 saturated heterocycles. The summed E-state index contributed by atoms with van der Waals surface area (Å²) in [5.74, 6) is 0.838. The van der Waals surface area contributed by atoms with Crippen molar-refractivity contribution in [2.45, 2.75) is 20.4 Å². The van der Waals surface area contributed by atoms with Gasteiger partial charge in [-0.1, -0.05) is 12.1 Å². The molecule has 0 radical (unpaired) electrons. The number of methoxy groups -OCH3 is 1. The minimum atomic E-state index is -0.497. The van der Waals surface area contributed by atoms with Gasteiger partial charge in [-0.25, -0.2) is 0 Å². The number of benzene rings is 2. The third-order valence-electron chi connectivity index (χ3n) is 3.65. The second-order valence-electron chi connectivity index (χ2n) is 5.36. The van der Waals surface area contributed by atoms with Crippen LogP contribution in [0.15, 0.2) is 36.4 Å². The van der Waals surface area contributed by atoms with Crippen LogP contribution in [0.5, 0.6) is 11.5 Å². The summed E-state index contributed by atoms with van der Waals surface area (Å²) in [6, 6.07) is 9.79. The zero-order chi connectivity index (χ0) is 18.4. The molecule has 1 amide bonds. The first-order chi connectivity index (χ1) is 12.0. The van der Waals surface area contributed by atoms with E-state index in [2.05, 4.69) is 5.32 Å². The third kappa shape index (κ3) is 4.47. The van der Waals surface area contributed by atoms with Crippen molar-refractivity contribution in [3.05, 3.63) is 63.2 Å². The smallest absolute Gasteiger partial charge is 0.273 e. The van der Waals surface area contributed by atoms with E-state index in [1.165, 1.54) is 6.07 Å². The van der Waals surface area contributed by atoms with E-state index in [0.29, 0.717) is 23.7 Å². The van der Waals surface area contributed by atoms with Crippen molar-refractivity contribution in [3.8, 4) is 11.5 Å². The van der Waals surface area contributed by atoms with Gasteiger partial charge in [0.05, 0.1) is 18.6 Å². The largest absolute Gasteiger partial charge is 0.493 e. The number of carbonyl (C=O) groups is 1. The van der Waals surface area contributed by atoms with Crippen molar-refractivity contribution < 1.29 is 19.2 Å². The van der Waals surface area contributed by atoms with E-state index in [9.17, 15) is 14.9 Å². The second-order valence-corrected chi connectivity index (χ2v) is 5.36. The molecule has 0 spiro atoms. The van der Waals surface area contributed by atoms with E-state index >= 15 is 0 Å². The van der Waals surface area contributed by atoms with Gasteiger partial charge in [-0.3, -0.25) is 14.9 Å². The molecule has 0 heterocycles. The Hall–Kier alpha value is -3.09. The van der Waals surface area contributed by atoms with Crippen LogP contribution in [0.4, 0.5) is 5.69 Å². The number of nitrogens with one attached hydrogen (secondary N) is 1. The summed E-state index contributed by atoms with van der Waals surface area (Å²) in [6.45, 7) is 4.31. The van der Waals surface area contributed by atoms with Gasteiger partial charge in [0.1, 0.15) is 0 Å². The zero-order valence-electron chi connectivity index (χ0n) is 14.4. The molecule has 0 unspecified atom stereocenters. The average molecular weight is 344 g/mol. The maximum absolute atomic E-state index is 12.2. The van der Waals surface area contributed by atoms with Crippen LogP contribution in [0.1, 0.15) is 28.4 Å².